The maximum Gasteiger partial charge on any atom is 0.251 e. The first-order valence-corrected chi connectivity index (χ1v) is 19.7. The number of benzene rings is 2. The van der Waals surface area contributed by atoms with Crippen molar-refractivity contribution in [2.24, 2.45) is 0 Å². The maximum absolute atomic E-state index is 11.8. The molecule has 0 saturated heterocycles. The molecule has 59 heavy (non-hydrogen) atoms. The Bertz CT molecular complexity index is 1530. The standard InChI is InChI=1S/C19H21NO2.C13H22N2O3.C7H11NO.C6H11NO.Cu.Pd/c1-3-5-18(21)16-10-6-14(7-11-16)15-8-12-17(13-9-15)19(22)20-4-2;1-3-14-12(17)9-5-7-11(16)8-6-10-13(18)15-4-2;1-3-5-6-7(9)8-4-2;1-3-5-6(8)7-4-2;;/h6-13H,3-5H2,1-2H3,(H,20,22);5,7H,3-4,6,8-10H2,1-2H3,(H,14,17)(H,15,18);1H,4-6H2,2H3,(H,8,9);3H,1,4-5H2,2H3,(H,7,8);;/b;7-5+;;;;. The molecule has 2 aromatic rings. The summed E-state index contributed by atoms with van der Waals surface area (Å²) < 4.78 is 0. The van der Waals surface area contributed by atoms with Gasteiger partial charge in [-0.1, -0.05) is 55.5 Å². The zero-order valence-electron chi connectivity index (χ0n) is 35.5. The van der Waals surface area contributed by atoms with E-state index in [9.17, 15) is 33.6 Å². The number of Topliss-reactive ketones (excluding diaryl/α,β-unsaturated/α-hetero) is 1. The zero-order chi connectivity index (χ0) is 43.3. The van der Waals surface area contributed by atoms with Gasteiger partial charge in [0.2, 0.25) is 23.6 Å². The number of rotatable bonds is 21. The molecule has 0 heterocycles. The minimum atomic E-state index is -0.0936. The third-order valence-corrected chi connectivity index (χ3v) is 7.26. The van der Waals surface area contributed by atoms with Gasteiger partial charge in [0, 0.05) is 126 Å². The number of carbonyl (C=O) groups excluding carboxylic acids is 7. The molecule has 333 valence electrons. The SMILES string of the molecule is C#CCCC(=O)NCC.C=CCC(=O)NCC.CCCC(=O)c1ccc(-c2ccc(C(=O)NCC)cc2)cc1.CCNC(=O)C/C=C/C(=O)CCCC(=O)NCC.[Cu].[Pd]. The summed E-state index contributed by atoms with van der Waals surface area (Å²) in [6.07, 6.45) is 13.8. The fourth-order valence-electron chi connectivity index (χ4n) is 4.53. The summed E-state index contributed by atoms with van der Waals surface area (Å²) in [7, 11) is 0. The Hall–Kier alpha value is -4.65. The van der Waals surface area contributed by atoms with Gasteiger partial charge in [0.15, 0.2) is 11.6 Å². The normalized spacial score (nSPS) is 9.31. The maximum atomic E-state index is 11.8. The number of hydrogen-bond donors (Lipinski definition) is 5. The van der Waals surface area contributed by atoms with E-state index in [1.54, 1.807) is 12.2 Å². The number of terminal acetylenes is 1. The van der Waals surface area contributed by atoms with E-state index in [2.05, 4.69) is 39.1 Å². The molecule has 0 unspecified atom stereocenters. The molecular formula is C45H65CuN5O7Pd. The number of ketones is 2. The van der Waals surface area contributed by atoms with Crippen LogP contribution in [0.4, 0.5) is 0 Å². The van der Waals surface area contributed by atoms with Crippen LogP contribution in [0.2, 0.25) is 0 Å². The van der Waals surface area contributed by atoms with Crippen LogP contribution in [-0.4, -0.2) is 73.8 Å². The van der Waals surface area contributed by atoms with Gasteiger partial charge in [-0.15, -0.1) is 18.9 Å². The van der Waals surface area contributed by atoms with Gasteiger partial charge >= 0.3 is 0 Å². The summed E-state index contributed by atoms with van der Waals surface area (Å²) >= 11 is 0. The molecule has 5 amide bonds. The molecular weight excluding hydrogens is 892 g/mol. The van der Waals surface area contributed by atoms with Crippen LogP contribution >= 0.6 is 0 Å². The van der Waals surface area contributed by atoms with E-state index in [-0.39, 0.29) is 85.0 Å². The van der Waals surface area contributed by atoms with Gasteiger partial charge in [0.25, 0.3) is 5.91 Å². The Balaban J connectivity index is -0.000000367. The third kappa shape index (κ3) is 34.0. The molecule has 0 aliphatic heterocycles. The van der Waals surface area contributed by atoms with Crippen molar-refractivity contribution in [1.82, 2.24) is 26.6 Å². The van der Waals surface area contributed by atoms with Gasteiger partial charge in [-0.25, -0.2) is 0 Å². The monoisotopic (exact) mass is 956 g/mol. The van der Waals surface area contributed by atoms with E-state index in [1.165, 1.54) is 6.08 Å². The van der Waals surface area contributed by atoms with E-state index in [0.717, 1.165) is 23.1 Å². The van der Waals surface area contributed by atoms with Crippen molar-refractivity contribution in [2.75, 3.05) is 32.7 Å². The summed E-state index contributed by atoms with van der Waals surface area (Å²) in [5, 5.41) is 13.4. The molecule has 0 atom stereocenters. The quantitative estimate of drug-likeness (QED) is 0.0322. The van der Waals surface area contributed by atoms with Crippen LogP contribution in [0.25, 0.3) is 11.1 Å². The van der Waals surface area contributed by atoms with E-state index < -0.39 is 0 Å². The first-order chi connectivity index (χ1) is 27.4. The van der Waals surface area contributed by atoms with Crippen molar-refractivity contribution in [3.63, 3.8) is 0 Å². The van der Waals surface area contributed by atoms with E-state index in [4.69, 9.17) is 6.42 Å². The van der Waals surface area contributed by atoms with Crippen molar-refractivity contribution < 1.29 is 71.1 Å². The summed E-state index contributed by atoms with van der Waals surface area (Å²) in [4.78, 5) is 78.2. The first-order valence-electron chi connectivity index (χ1n) is 19.7. The van der Waals surface area contributed by atoms with E-state index in [1.807, 2.05) is 90.1 Å². The Kier molecular flexibility index (Phi) is 42.9. The van der Waals surface area contributed by atoms with Gasteiger partial charge < -0.3 is 26.6 Å². The second-order valence-corrected chi connectivity index (χ2v) is 12.1. The van der Waals surface area contributed by atoms with Gasteiger partial charge in [-0.3, -0.25) is 33.6 Å². The summed E-state index contributed by atoms with van der Waals surface area (Å²) in [6, 6.07) is 15.1. The smallest absolute Gasteiger partial charge is 0.251 e. The Morgan fingerprint density at radius 2 is 1.03 bits per heavy atom. The predicted molar refractivity (Wildman–Crippen MR) is 229 cm³/mol. The molecule has 5 N–H and O–H groups in total. The van der Waals surface area contributed by atoms with Crippen LogP contribution in [0, 0.1) is 12.3 Å². The molecule has 14 heteroatoms. The second kappa shape index (κ2) is 41.5. The average Bonchev–Trinajstić information content (AvgIpc) is 3.19. The van der Waals surface area contributed by atoms with Gasteiger partial charge in [0.05, 0.1) is 0 Å². The molecule has 12 nitrogen and oxygen atoms in total. The molecule has 0 aromatic heterocycles. The van der Waals surface area contributed by atoms with Crippen molar-refractivity contribution in [1.29, 1.82) is 0 Å². The number of allylic oxidation sites excluding steroid dienone is 1. The third-order valence-electron chi connectivity index (χ3n) is 7.26. The minimum absolute atomic E-state index is 0. The van der Waals surface area contributed by atoms with Crippen LogP contribution in [0.3, 0.4) is 0 Å². The molecule has 2 aromatic carbocycles. The number of nitrogens with one attached hydrogen (secondary N) is 5. The Morgan fingerprint density at radius 1 is 0.593 bits per heavy atom. The Morgan fingerprint density at radius 3 is 1.47 bits per heavy atom. The molecule has 1 radical (unpaired) electrons. The number of hydrogen-bond acceptors (Lipinski definition) is 7. The predicted octanol–water partition coefficient (Wildman–Crippen LogP) is 6.26. The van der Waals surface area contributed by atoms with E-state index in [0.29, 0.717) is 83.2 Å². The van der Waals surface area contributed by atoms with Crippen molar-refractivity contribution in [2.45, 2.75) is 99.3 Å². The van der Waals surface area contributed by atoms with Crippen LogP contribution in [0.1, 0.15) is 120 Å². The number of amides is 5. The largest absolute Gasteiger partial charge is 0.356 e. The van der Waals surface area contributed by atoms with Crippen LogP contribution in [0.15, 0.2) is 73.3 Å². The molecule has 0 aliphatic carbocycles. The Labute approximate surface area is 376 Å². The number of carbonyl (C=O) groups is 7. The minimum Gasteiger partial charge on any atom is -0.356 e. The summed E-state index contributed by atoms with van der Waals surface area (Å²) in [5.74, 6) is 2.42. The average molecular weight is 958 g/mol. The topological polar surface area (TPSA) is 180 Å². The zero-order valence-corrected chi connectivity index (χ0v) is 38.0. The molecule has 0 saturated carbocycles. The first kappa shape index (κ1) is 61.0. The molecule has 0 bridgehead atoms. The summed E-state index contributed by atoms with van der Waals surface area (Å²) in [6.45, 7) is 18.0. The molecule has 2 rings (SSSR count). The fraction of sp³-hybridized carbons (Fsp3) is 0.444. The van der Waals surface area contributed by atoms with Crippen LogP contribution in [0.5, 0.6) is 0 Å². The molecule has 0 fully saturated rings. The van der Waals surface area contributed by atoms with Crippen molar-refractivity contribution in [3.8, 4) is 23.5 Å². The second-order valence-electron chi connectivity index (χ2n) is 12.1. The van der Waals surface area contributed by atoms with Crippen molar-refractivity contribution >= 4 is 41.1 Å². The van der Waals surface area contributed by atoms with Gasteiger partial charge in [0.1, 0.15) is 0 Å². The molecule has 0 spiro atoms. The van der Waals surface area contributed by atoms with Gasteiger partial charge in [-0.05, 0) is 76.8 Å². The van der Waals surface area contributed by atoms with Gasteiger partial charge in [-0.2, -0.15) is 0 Å². The van der Waals surface area contributed by atoms with Crippen LogP contribution < -0.4 is 26.6 Å². The fourth-order valence-corrected chi connectivity index (χ4v) is 4.53. The summed E-state index contributed by atoms with van der Waals surface area (Å²) in [5.41, 5.74) is 3.47. The molecule has 0 aliphatic rings. The van der Waals surface area contributed by atoms with Crippen molar-refractivity contribution in [3.05, 3.63) is 84.5 Å². The van der Waals surface area contributed by atoms with Crippen LogP contribution in [-0.2, 0) is 61.5 Å². The van der Waals surface area contributed by atoms with E-state index >= 15 is 0 Å².